The number of hydrogen-bond acceptors (Lipinski definition) is 5. The van der Waals surface area contributed by atoms with Gasteiger partial charge in [0.25, 0.3) is 10.0 Å². The van der Waals surface area contributed by atoms with E-state index in [-0.39, 0.29) is 16.7 Å². The summed E-state index contributed by atoms with van der Waals surface area (Å²) in [4.78, 5) is 25.2. The van der Waals surface area contributed by atoms with Gasteiger partial charge in [0.1, 0.15) is 5.78 Å². The Kier molecular flexibility index (Phi) is 5.64. The van der Waals surface area contributed by atoms with Crippen LogP contribution in [0, 0.1) is 11.8 Å². The lowest BCUT2D eigenvalue weighted by molar-refractivity contribution is -0.126. The minimum Gasteiger partial charge on any atom is -0.371 e. The summed E-state index contributed by atoms with van der Waals surface area (Å²) in [6.07, 6.45) is 1.64. The number of carbonyl (C=O) groups excluding carboxylic acids is 2. The Morgan fingerprint density at radius 3 is 2.12 bits per heavy atom. The number of Topliss-reactive ketones (excluding diaryl/α,β-unsaturated/α-hetero) is 1. The lowest BCUT2D eigenvalue weighted by atomic mass is 9.87. The lowest BCUT2D eigenvalue weighted by Gasteiger charge is -2.33. The highest BCUT2D eigenvalue weighted by atomic mass is 32.2. The summed E-state index contributed by atoms with van der Waals surface area (Å²) in [6.45, 7) is 6.59. The SMILES string of the molecule is CC(=O)NS(=O)(=O)c1ccc(N2CCC(C(=O)C(C)C)CC2)cc1. The van der Waals surface area contributed by atoms with Crippen LogP contribution >= 0.6 is 0 Å². The van der Waals surface area contributed by atoms with Gasteiger partial charge in [0, 0.05) is 37.5 Å². The van der Waals surface area contributed by atoms with Crippen molar-refractivity contribution in [2.75, 3.05) is 18.0 Å². The van der Waals surface area contributed by atoms with Crippen molar-refractivity contribution in [1.82, 2.24) is 4.72 Å². The zero-order valence-electron chi connectivity index (χ0n) is 14.3. The van der Waals surface area contributed by atoms with Gasteiger partial charge in [-0.05, 0) is 37.1 Å². The van der Waals surface area contributed by atoms with Gasteiger partial charge in [-0.25, -0.2) is 13.1 Å². The van der Waals surface area contributed by atoms with E-state index >= 15 is 0 Å². The average Bonchev–Trinajstić information content (AvgIpc) is 2.53. The summed E-state index contributed by atoms with van der Waals surface area (Å²) < 4.78 is 25.8. The van der Waals surface area contributed by atoms with E-state index in [1.807, 2.05) is 18.6 Å². The average molecular weight is 352 g/mol. The number of amides is 1. The highest BCUT2D eigenvalue weighted by Crippen LogP contribution is 2.26. The Morgan fingerprint density at radius 2 is 1.67 bits per heavy atom. The number of carbonyl (C=O) groups is 2. The first-order valence-corrected chi connectivity index (χ1v) is 9.61. The summed E-state index contributed by atoms with van der Waals surface area (Å²) in [5.74, 6) is -0.0946. The molecule has 2 rings (SSSR count). The maximum absolute atomic E-state index is 12.1. The monoisotopic (exact) mass is 352 g/mol. The Labute approximate surface area is 143 Å². The summed E-state index contributed by atoms with van der Waals surface area (Å²) in [7, 11) is -3.80. The first-order valence-electron chi connectivity index (χ1n) is 8.13. The quantitative estimate of drug-likeness (QED) is 0.876. The number of piperidine rings is 1. The molecule has 1 aromatic rings. The molecule has 1 amide bonds. The zero-order chi connectivity index (χ0) is 17.9. The van der Waals surface area contributed by atoms with Gasteiger partial charge < -0.3 is 4.90 Å². The van der Waals surface area contributed by atoms with Crippen molar-refractivity contribution >= 4 is 27.4 Å². The Morgan fingerprint density at radius 1 is 1.12 bits per heavy atom. The highest BCUT2D eigenvalue weighted by Gasteiger charge is 2.26. The minimum atomic E-state index is -3.80. The molecule has 1 N–H and O–H groups in total. The Hall–Kier alpha value is -1.89. The molecule has 0 saturated carbocycles. The van der Waals surface area contributed by atoms with E-state index in [0.717, 1.165) is 38.5 Å². The van der Waals surface area contributed by atoms with E-state index in [4.69, 9.17) is 0 Å². The van der Waals surface area contributed by atoms with Gasteiger partial charge in [-0.1, -0.05) is 13.8 Å². The molecule has 24 heavy (non-hydrogen) atoms. The molecule has 1 saturated heterocycles. The fourth-order valence-corrected chi connectivity index (χ4v) is 3.97. The molecule has 0 bridgehead atoms. The van der Waals surface area contributed by atoms with Gasteiger partial charge in [-0.15, -0.1) is 0 Å². The molecular formula is C17H24N2O4S. The van der Waals surface area contributed by atoms with Crippen LogP contribution in [0.3, 0.4) is 0 Å². The largest absolute Gasteiger partial charge is 0.371 e. The summed E-state index contributed by atoms with van der Waals surface area (Å²) in [6, 6.07) is 6.45. The normalized spacial score (nSPS) is 16.2. The number of ketones is 1. The molecule has 1 aliphatic rings. The number of benzene rings is 1. The van der Waals surface area contributed by atoms with Crippen molar-refractivity contribution in [3.05, 3.63) is 24.3 Å². The first kappa shape index (κ1) is 18.4. The van der Waals surface area contributed by atoms with Gasteiger partial charge in [0.15, 0.2) is 0 Å². The van der Waals surface area contributed by atoms with Crippen LogP contribution in [-0.4, -0.2) is 33.2 Å². The van der Waals surface area contributed by atoms with E-state index in [1.165, 1.54) is 12.1 Å². The maximum atomic E-state index is 12.1. The standard InChI is InChI=1S/C17H24N2O4S/c1-12(2)17(21)14-8-10-19(11-9-14)15-4-6-16(7-5-15)24(22,23)18-13(3)20/h4-7,12,14H,8-11H2,1-3H3,(H,18,20). The minimum absolute atomic E-state index is 0.0614. The molecule has 1 fully saturated rings. The van der Waals surface area contributed by atoms with Crippen LogP contribution in [0.5, 0.6) is 0 Å². The number of nitrogens with one attached hydrogen (secondary N) is 1. The summed E-state index contributed by atoms with van der Waals surface area (Å²) >= 11 is 0. The van der Waals surface area contributed by atoms with E-state index in [1.54, 1.807) is 12.1 Å². The van der Waals surface area contributed by atoms with Crippen molar-refractivity contribution in [2.24, 2.45) is 11.8 Å². The molecule has 6 nitrogen and oxygen atoms in total. The molecule has 0 aromatic heterocycles. The molecule has 1 aromatic carbocycles. The van der Waals surface area contributed by atoms with Crippen LogP contribution in [0.15, 0.2) is 29.2 Å². The molecule has 0 atom stereocenters. The second-order valence-corrected chi connectivity index (χ2v) is 8.16. The van der Waals surface area contributed by atoms with Crippen LogP contribution in [-0.2, 0) is 19.6 Å². The molecular weight excluding hydrogens is 328 g/mol. The lowest BCUT2D eigenvalue weighted by Crippen LogP contribution is -2.37. The number of rotatable bonds is 5. The molecule has 0 spiro atoms. The van der Waals surface area contributed by atoms with Crippen LogP contribution in [0.1, 0.15) is 33.6 Å². The molecule has 0 unspecified atom stereocenters. The number of nitrogens with zero attached hydrogens (tertiary/aromatic N) is 1. The second kappa shape index (κ2) is 7.34. The Balaban J connectivity index is 2.03. The fraction of sp³-hybridized carbons (Fsp3) is 0.529. The van der Waals surface area contributed by atoms with Crippen molar-refractivity contribution in [2.45, 2.75) is 38.5 Å². The van der Waals surface area contributed by atoms with Crippen LogP contribution < -0.4 is 9.62 Å². The number of anilines is 1. The van der Waals surface area contributed by atoms with E-state index in [2.05, 4.69) is 4.90 Å². The third kappa shape index (κ3) is 4.35. The molecule has 1 heterocycles. The van der Waals surface area contributed by atoms with Crippen LogP contribution in [0.25, 0.3) is 0 Å². The second-order valence-electron chi connectivity index (χ2n) is 6.47. The summed E-state index contributed by atoms with van der Waals surface area (Å²) in [5, 5.41) is 0. The predicted octanol–water partition coefficient (Wildman–Crippen LogP) is 1.95. The molecule has 0 aliphatic carbocycles. The van der Waals surface area contributed by atoms with Crippen molar-refractivity contribution < 1.29 is 18.0 Å². The van der Waals surface area contributed by atoms with Crippen molar-refractivity contribution in [1.29, 1.82) is 0 Å². The third-order valence-electron chi connectivity index (χ3n) is 4.26. The van der Waals surface area contributed by atoms with Crippen LogP contribution in [0.2, 0.25) is 0 Å². The molecule has 0 radical (unpaired) electrons. The van der Waals surface area contributed by atoms with Gasteiger partial charge >= 0.3 is 0 Å². The van der Waals surface area contributed by atoms with Gasteiger partial charge in [0.05, 0.1) is 4.90 Å². The maximum Gasteiger partial charge on any atom is 0.264 e. The van der Waals surface area contributed by atoms with E-state index in [0.29, 0.717) is 5.78 Å². The van der Waals surface area contributed by atoms with Crippen molar-refractivity contribution in [3.63, 3.8) is 0 Å². The van der Waals surface area contributed by atoms with Gasteiger partial charge in [-0.3, -0.25) is 9.59 Å². The smallest absolute Gasteiger partial charge is 0.264 e. The number of hydrogen-bond donors (Lipinski definition) is 1. The molecule has 7 heteroatoms. The van der Waals surface area contributed by atoms with E-state index < -0.39 is 15.9 Å². The van der Waals surface area contributed by atoms with Crippen LogP contribution in [0.4, 0.5) is 5.69 Å². The highest BCUT2D eigenvalue weighted by molar-refractivity contribution is 7.90. The Bertz CT molecular complexity index is 703. The summed E-state index contributed by atoms with van der Waals surface area (Å²) in [5.41, 5.74) is 0.923. The predicted molar refractivity (Wildman–Crippen MR) is 92.2 cm³/mol. The number of sulfonamides is 1. The van der Waals surface area contributed by atoms with E-state index in [9.17, 15) is 18.0 Å². The molecule has 1 aliphatic heterocycles. The fourth-order valence-electron chi connectivity index (χ4n) is 2.98. The van der Waals surface area contributed by atoms with Gasteiger partial charge in [0.2, 0.25) is 5.91 Å². The topological polar surface area (TPSA) is 83.6 Å². The van der Waals surface area contributed by atoms with Crippen molar-refractivity contribution in [3.8, 4) is 0 Å². The molecule has 132 valence electrons. The first-order chi connectivity index (χ1) is 11.2. The third-order valence-corrected chi connectivity index (χ3v) is 5.71. The van der Waals surface area contributed by atoms with Gasteiger partial charge in [-0.2, -0.15) is 0 Å². The zero-order valence-corrected chi connectivity index (χ0v) is 15.1.